The molecular formula is C21H20N4O. The van der Waals surface area contributed by atoms with Gasteiger partial charge in [-0.3, -0.25) is 4.79 Å². The molecule has 5 heteroatoms. The number of hydrogen-bond donors (Lipinski definition) is 2. The summed E-state index contributed by atoms with van der Waals surface area (Å²) < 4.78 is 0. The van der Waals surface area contributed by atoms with Gasteiger partial charge in [-0.2, -0.15) is 0 Å². The first kappa shape index (κ1) is 16.3. The number of carbonyl (C=O) groups is 1. The van der Waals surface area contributed by atoms with Crippen LogP contribution in [0, 0.1) is 6.92 Å². The van der Waals surface area contributed by atoms with Crippen LogP contribution < -0.4 is 10.6 Å². The van der Waals surface area contributed by atoms with Crippen LogP contribution in [0.25, 0.3) is 11.4 Å². The molecule has 5 nitrogen and oxygen atoms in total. The summed E-state index contributed by atoms with van der Waals surface area (Å²) in [5.74, 6) is 0.978. The molecule has 1 aromatic heterocycles. The Balaban J connectivity index is 1.69. The number of hydrogen-bond acceptors (Lipinski definition) is 4. The van der Waals surface area contributed by atoms with Gasteiger partial charge in [0.05, 0.1) is 0 Å². The minimum Gasteiger partial charge on any atom is -0.348 e. The van der Waals surface area contributed by atoms with Crippen LogP contribution in [-0.4, -0.2) is 21.9 Å². The first-order valence-corrected chi connectivity index (χ1v) is 8.76. The van der Waals surface area contributed by atoms with E-state index in [0.29, 0.717) is 17.3 Å². The third-order valence-corrected chi connectivity index (χ3v) is 4.23. The Kier molecular flexibility index (Phi) is 4.35. The van der Waals surface area contributed by atoms with E-state index in [1.165, 1.54) is 5.56 Å². The van der Waals surface area contributed by atoms with E-state index in [0.717, 1.165) is 24.1 Å². The number of rotatable bonds is 5. The lowest BCUT2D eigenvalue weighted by atomic mass is 10.2. The SMILES string of the molecule is Cc1ccc(Nc2cc(C(=O)NC3CC3)nc(-c3ccccc3)n2)cc1. The third kappa shape index (κ3) is 3.88. The maximum atomic E-state index is 12.5. The van der Waals surface area contributed by atoms with Gasteiger partial charge in [0.1, 0.15) is 11.5 Å². The molecule has 2 N–H and O–H groups in total. The second kappa shape index (κ2) is 6.96. The molecule has 0 saturated heterocycles. The van der Waals surface area contributed by atoms with Crippen LogP contribution in [0.15, 0.2) is 60.7 Å². The Bertz CT molecular complexity index is 919. The van der Waals surface area contributed by atoms with Crippen molar-refractivity contribution in [2.45, 2.75) is 25.8 Å². The number of aryl methyl sites for hydroxylation is 1. The Labute approximate surface area is 152 Å². The molecule has 0 aliphatic heterocycles. The van der Waals surface area contributed by atoms with Gasteiger partial charge in [0.2, 0.25) is 0 Å². The standard InChI is InChI=1S/C21H20N4O/c1-14-7-9-16(10-8-14)22-19-13-18(21(26)23-17-11-12-17)24-20(25-19)15-5-3-2-4-6-15/h2-10,13,17H,11-12H2,1H3,(H,23,26)(H,22,24,25). The smallest absolute Gasteiger partial charge is 0.270 e. The lowest BCUT2D eigenvalue weighted by Crippen LogP contribution is -2.26. The lowest BCUT2D eigenvalue weighted by Gasteiger charge is -2.11. The average molecular weight is 344 g/mol. The number of nitrogens with zero attached hydrogens (tertiary/aromatic N) is 2. The summed E-state index contributed by atoms with van der Waals surface area (Å²) in [4.78, 5) is 21.6. The predicted octanol–water partition coefficient (Wildman–Crippen LogP) is 4.09. The van der Waals surface area contributed by atoms with Crippen molar-refractivity contribution in [1.29, 1.82) is 0 Å². The van der Waals surface area contributed by atoms with Crippen molar-refractivity contribution < 1.29 is 4.79 Å². The van der Waals surface area contributed by atoms with Crippen molar-refractivity contribution in [3.05, 3.63) is 71.9 Å². The van der Waals surface area contributed by atoms with Gasteiger partial charge < -0.3 is 10.6 Å². The number of carbonyl (C=O) groups excluding carboxylic acids is 1. The zero-order valence-corrected chi connectivity index (χ0v) is 14.6. The Morgan fingerprint density at radius 1 is 1.00 bits per heavy atom. The van der Waals surface area contributed by atoms with Crippen molar-refractivity contribution in [1.82, 2.24) is 15.3 Å². The zero-order valence-electron chi connectivity index (χ0n) is 14.6. The molecule has 1 saturated carbocycles. The van der Waals surface area contributed by atoms with Gasteiger partial charge in [-0.1, -0.05) is 48.0 Å². The number of anilines is 2. The number of aromatic nitrogens is 2. The van der Waals surface area contributed by atoms with E-state index in [2.05, 4.69) is 20.6 Å². The fourth-order valence-corrected chi connectivity index (χ4v) is 2.62. The molecular weight excluding hydrogens is 324 g/mol. The van der Waals surface area contributed by atoms with Crippen LogP contribution in [0.4, 0.5) is 11.5 Å². The molecule has 1 heterocycles. The Morgan fingerprint density at radius 2 is 1.73 bits per heavy atom. The highest BCUT2D eigenvalue weighted by Gasteiger charge is 2.25. The van der Waals surface area contributed by atoms with Crippen molar-refractivity contribution >= 4 is 17.4 Å². The maximum absolute atomic E-state index is 12.5. The van der Waals surface area contributed by atoms with E-state index in [9.17, 15) is 4.79 Å². The molecule has 1 fully saturated rings. The van der Waals surface area contributed by atoms with Gasteiger partial charge >= 0.3 is 0 Å². The average Bonchev–Trinajstić information content (AvgIpc) is 3.48. The van der Waals surface area contributed by atoms with Crippen LogP contribution >= 0.6 is 0 Å². The van der Waals surface area contributed by atoms with Crippen molar-refractivity contribution in [3.63, 3.8) is 0 Å². The quantitative estimate of drug-likeness (QED) is 0.732. The molecule has 3 aromatic rings. The second-order valence-electron chi connectivity index (χ2n) is 6.57. The summed E-state index contributed by atoms with van der Waals surface area (Å²) in [5.41, 5.74) is 3.36. The summed E-state index contributed by atoms with van der Waals surface area (Å²) in [6, 6.07) is 19.7. The molecule has 0 atom stereocenters. The van der Waals surface area contributed by atoms with Gasteiger partial charge in [-0.25, -0.2) is 9.97 Å². The summed E-state index contributed by atoms with van der Waals surface area (Å²) in [6.07, 6.45) is 2.08. The van der Waals surface area contributed by atoms with E-state index in [-0.39, 0.29) is 11.9 Å². The van der Waals surface area contributed by atoms with Gasteiger partial charge in [-0.05, 0) is 31.9 Å². The third-order valence-electron chi connectivity index (χ3n) is 4.23. The minimum absolute atomic E-state index is 0.154. The summed E-state index contributed by atoms with van der Waals surface area (Å²) in [7, 11) is 0. The van der Waals surface area contributed by atoms with Crippen molar-refractivity contribution in [2.24, 2.45) is 0 Å². The maximum Gasteiger partial charge on any atom is 0.270 e. The summed E-state index contributed by atoms with van der Waals surface area (Å²) >= 11 is 0. The first-order chi connectivity index (χ1) is 12.7. The Hall–Kier alpha value is -3.21. The summed E-state index contributed by atoms with van der Waals surface area (Å²) in [5, 5.41) is 6.26. The molecule has 0 bridgehead atoms. The first-order valence-electron chi connectivity index (χ1n) is 8.76. The minimum atomic E-state index is -0.154. The lowest BCUT2D eigenvalue weighted by molar-refractivity contribution is 0.0946. The van der Waals surface area contributed by atoms with Crippen molar-refractivity contribution in [2.75, 3.05) is 5.32 Å². The van der Waals surface area contributed by atoms with E-state index in [1.807, 2.05) is 61.5 Å². The molecule has 0 radical (unpaired) electrons. The molecule has 26 heavy (non-hydrogen) atoms. The fourth-order valence-electron chi connectivity index (χ4n) is 2.62. The van der Waals surface area contributed by atoms with Crippen LogP contribution in [0.3, 0.4) is 0 Å². The van der Waals surface area contributed by atoms with Crippen molar-refractivity contribution in [3.8, 4) is 11.4 Å². The molecule has 1 amide bonds. The van der Waals surface area contributed by atoms with Gasteiger partial charge in [0, 0.05) is 23.4 Å². The van der Waals surface area contributed by atoms with Crippen LogP contribution in [0.2, 0.25) is 0 Å². The Morgan fingerprint density at radius 3 is 2.42 bits per heavy atom. The number of nitrogens with one attached hydrogen (secondary N) is 2. The van der Waals surface area contributed by atoms with Gasteiger partial charge in [-0.15, -0.1) is 0 Å². The van der Waals surface area contributed by atoms with E-state index in [4.69, 9.17) is 0 Å². The van der Waals surface area contributed by atoms with Crippen LogP contribution in [0.5, 0.6) is 0 Å². The van der Waals surface area contributed by atoms with Crippen LogP contribution in [0.1, 0.15) is 28.9 Å². The van der Waals surface area contributed by atoms with E-state index >= 15 is 0 Å². The second-order valence-corrected chi connectivity index (χ2v) is 6.57. The number of benzene rings is 2. The molecule has 2 aromatic carbocycles. The molecule has 0 unspecified atom stereocenters. The molecule has 4 rings (SSSR count). The summed E-state index contributed by atoms with van der Waals surface area (Å²) in [6.45, 7) is 2.04. The molecule has 1 aliphatic rings. The monoisotopic (exact) mass is 344 g/mol. The zero-order chi connectivity index (χ0) is 17.9. The van der Waals surface area contributed by atoms with Crippen LogP contribution in [-0.2, 0) is 0 Å². The molecule has 0 spiro atoms. The van der Waals surface area contributed by atoms with Gasteiger partial charge in [0.15, 0.2) is 5.82 Å². The topological polar surface area (TPSA) is 66.9 Å². The fraction of sp³-hybridized carbons (Fsp3) is 0.190. The highest BCUT2D eigenvalue weighted by Crippen LogP contribution is 2.23. The normalized spacial score (nSPS) is 13.3. The highest BCUT2D eigenvalue weighted by atomic mass is 16.2. The van der Waals surface area contributed by atoms with E-state index in [1.54, 1.807) is 6.07 Å². The molecule has 1 aliphatic carbocycles. The highest BCUT2D eigenvalue weighted by molar-refractivity contribution is 5.94. The molecule has 130 valence electrons. The van der Waals surface area contributed by atoms with E-state index < -0.39 is 0 Å². The largest absolute Gasteiger partial charge is 0.348 e. The number of amides is 1. The van der Waals surface area contributed by atoms with Gasteiger partial charge in [0.25, 0.3) is 5.91 Å². The predicted molar refractivity (Wildman–Crippen MR) is 102 cm³/mol.